The molecule has 0 radical (unpaired) electrons. The molecule has 0 aromatic rings. The third-order valence-electron chi connectivity index (χ3n) is 4.18. The van der Waals surface area contributed by atoms with Crippen molar-refractivity contribution in [3.05, 3.63) is 0 Å². The van der Waals surface area contributed by atoms with Crippen molar-refractivity contribution in [3.8, 4) is 0 Å². The largest absolute Gasteiger partial charge is 0.383 e. The first-order chi connectivity index (χ1) is 8.79. The number of nitrogens with one attached hydrogen (secondary N) is 2. The van der Waals surface area contributed by atoms with Crippen molar-refractivity contribution in [1.29, 1.82) is 0 Å². The Balaban J connectivity index is 1.58. The van der Waals surface area contributed by atoms with Crippen LogP contribution in [-0.4, -0.2) is 38.8 Å². The zero-order chi connectivity index (χ0) is 12.8. The van der Waals surface area contributed by atoms with E-state index in [-0.39, 0.29) is 5.91 Å². The predicted octanol–water partition coefficient (Wildman–Crippen LogP) is 1.31. The minimum Gasteiger partial charge on any atom is -0.383 e. The minimum absolute atomic E-state index is 0.0839. The van der Waals surface area contributed by atoms with Gasteiger partial charge in [0, 0.05) is 19.7 Å². The summed E-state index contributed by atoms with van der Waals surface area (Å²) in [5, 5.41) is 6.25. The Labute approximate surface area is 110 Å². The molecule has 0 bridgehead atoms. The fraction of sp³-hybridized carbons (Fsp3) is 0.929. The summed E-state index contributed by atoms with van der Waals surface area (Å²) in [6.45, 7) is 1.64. The van der Waals surface area contributed by atoms with Gasteiger partial charge in [-0.05, 0) is 37.5 Å². The smallest absolute Gasteiger partial charge is 0.234 e. The minimum atomic E-state index is 0.0839. The number of hydrogen-bond donors (Lipinski definition) is 2. The lowest BCUT2D eigenvalue weighted by atomic mass is 9.83. The number of carbonyl (C=O) groups is 1. The number of methoxy groups -OCH3 is 1. The third-order valence-corrected chi connectivity index (χ3v) is 4.18. The summed E-state index contributed by atoms with van der Waals surface area (Å²) < 4.78 is 4.90. The van der Waals surface area contributed by atoms with Crippen LogP contribution in [0.3, 0.4) is 0 Å². The highest BCUT2D eigenvalue weighted by atomic mass is 16.5. The molecular formula is C14H26N2O2. The lowest BCUT2D eigenvalue weighted by Gasteiger charge is -2.29. The Hall–Kier alpha value is -0.610. The lowest BCUT2D eigenvalue weighted by molar-refractivity contribution is -0.120. The number of rotatable bonds is 7. The SMILES string of the molecule is COCCNC(=O)CNC1CCCC(C2CC2)C1. The highest BCUT2D eigenvalue weighted by molar-refractivity contribution is 5.77. The number of ether oxygens (including phenoxy) is 1. The van der Waals surface area contributed by atoms with Crippen LogP contribution in [0.25, 0.3) is 0 Å². The van der Waals surface area contributed by atoms with E-state index in [9.17, 15) is 4.79 Å². The molecule has 2 atom stereocenters. The fourth-order valence-corrected chi connectivity index (χ4v) is 3.00. The maximum absolute atomic E-state index is 11.6. The molecule has 0 saturated heterocycles. The third kappa shape index (κ3) is 4.58. The Bertz CT molecular complexity index is 267. The first-order valence-corrected chi connectivity index (χ1v) is 7.28. The first kappa shape index (κ1) is 13.8. The van der Waals surface area contributed by atoms with Crippen LogP contribution >= 0.6 is 0 Å². The van der Waals surface area contributed by atoms with Gasteiger partial charge in [-0.2, -0.15) is 0 Å². The average Bonchev–Trinajstić information content (AvgIpc) is 3.21. The van der Waals surface area contributed by atoms with Gasteiger partial charge in [0.05, 0.1) is 13.2 Å². The summed E-state index contributed by atoms with van der Waals surface area (Å²) in [6, 6.07) is 0.553. The van der Waals surface area contributed by atoms with Crippen LogP contribution in [0.5, 0.6) is 0 Å². The first-order valence-electron chi connectivity index (χ1n) is 7.28. The number of hydrogen-bond acceptors (Lipinski definition) is 3. The van der Waals surface area contributed by atoms with E-state index in [0.29, 0.717) is 25.7 Å². The molecule has 1 amide bonds. The zero-order valence-electron chi connectivity index (χ0n) is 11.4. The van der Waals surface area contributed by atoms with Crippen LogP contribution in [0.2, 0.25) is 0 Å². The Morgan fingerprint density at radius 1 is 1.22 bits per heavy atom. The molecule has 2 aliphatic carbocycles. The summed E-state index contributed by atoms with van der Waals surface area (Å²) in [5.41, 5.74) is 0. The second-order valence-electron chi connectivity index (χ2n) is 5.68. The maximum Gasteiger partial charge on any atom is 0.234 e. The second-order valence-corrected chi connectivity index (χ2v) is 5.68. The van der Waals surface area contributed by atoms with Crippen molar-refractivity contribution < 1.29 is 9.53 Å². The standard InChI is InChI=1S/C14H26N2O2/c1-18-8-7-15-14(17)10-16-13-4-2-3-12(9-13)11-5-6-11/h11-13,16H,2-10H2,1H3,(H,15,17). The number of carbonyl (C=O) groups excluding carboxylic acids is 1. The van der Waals surface area contributed by atoms with E-state index in [4.69, 9.17) is 4.74 Å². The molecule has 0 spiro atoms. The summed E-state index contributed by atoms with van der Waals surface area (Å²) in [7, 11) is 1.64. The molecule has 18 heavy (non-hydrogen) atoms. The van der Waals surface area contributed by atoms with E-state index in [2.05, 4.69) is 10.6 Å². The molecule has 104 valence electrons. The molecule has 2 aliphatic rings. The quantitative estimate of drug-likeness (QED) is 0.673. The van der Waals surface area contributed by atoms with Gasteiger partial charge in [-0.3, -0.25) is 4.79 Å². The van der Waals surface area contributed by atoms with E-state index >= 15 is 0 Å². The van der Waals surface area contributed by atoms with E-state index in [1.54, 1.807) is 7.11 Å². The highest BCUT2D eigenvalue weighted by Crippen LogP contribution is 2.43. The molecule has 4 nitrogen and oxygen atoms in total. The van der Waals surface area contributed by atoms with Crippen molar-refractivity contribution in [2.24, 2.45) is 11.8 Å². The summed E-state index contributed by atoms with van der Waals surface area (Å²) >= 11 is 0. The van der Waals surface area contributed by atoms with E-state index in [1.165, 1.54) is 38.5 Å². The molecule has 2 unspecified atom stereocenters. The Morgan fingerprint density at radius 3 is 2.78 bits per heavy atom. The monoisotopic (exact) mass is 254 g/mol. The van der Waals surface area contributed by atoms with Gasteiger partial charge in [0.25, 0.3) is 0 Å². The van der Waals surface area contributed by atoms with Crippen molar-refractivity contribution in [1.82, 2.24) is 10.6 Å². The van der Waals surface area contributed by atoms with Crippen LogP contribution < -0.4 is 10.6 Å². The lowest BCUT2D eigenvalue weighted by Crippen LogP contribution is -2.42. The molecule has 2 N–H and O–H groups in total. The van der Waals surface area contributed by atoms with Gasteiger partial charge >= 0.3 is 0 Å². The highest BCUT2D eigenvalue weighted by Gasteiger charge is 2.34. The Kier molecular flexibility index (Phi) is 5.45. The maximum atomic E-state index is 11.6. The van der Waals surface area contributed by atoms with Crippen LogP contribution in [0, 0.1) is 11.8 Å². The topological polar surface area (TPSA) is 50.4 Å². The number of amides is 1. The van der Waals surface area contributed by atoms with Gasteiger partial charge in [-0.1, -0.05) is 12.8 Å². The van der Waals surface area contributed by atoms with Gasteiger partial charge in [-0.25, -0.2) is 0 Å². The molecule has 2 saturated carbocycles. The molecule has 2 rings (SSSR count). The van der Waals surface area contributed by atoms with Crippen LogP contribution in [-0.2, 0) is 9.53 Å². The van der Waals surface area contributed by atoms with Gasteiger partial charge in [0.2, 0.25) is 5.91 Å². The average molecular weight is 254 g/mol. The summed E-state index contributed by atoms with van der Waals surface area (Å²) in [6.07, 6.45) is 8.11. The Morgan fingerprint density at radius 2 is 2.06 bits per heavy atom. The predicted molar refractivity (Wildman–Crippen MR) is 71.4 cm³/mol. The molecule has 0 heterocycles. The molecule has 0 aliphatic heterocycles. The van der Waals surface area contributed by atoms with Gasteiger partial charge in [0.1, 0.15) is 0 Å². The second kappa shape index (κ2) is 7.10. The van der Waals surface area contributed by atoms with Crippen molar-refractivity contribution in [2.75, 3.05) is 26.8 Å². The molecule has 0 aromatic heterocycles. The molecular weight excluding hydrogens is 228 g/mol. The van der Waals surface area contributed by atoms with Gasteiger partial charge < -0.3 is 15.4 Å². The van der Waals surface area contributed by atoms with E-state index in [1.807, 2.05) is 0 Å². The van der Waals surface area contributed by atoms with Crippen molar-refractivity contribution in [3.63, 3.8) is 0 Å². The fourth-order valence-electron chi connectivity index (χ4n) is 3.00. The van der Waals surface area contributed by atoms with Gasteiger partial charge in [-0.15, -0.1) is 0 Å². The van der Waals surface area contributed by atoms with Crippen LogP contribution in [0.1, 0.15) is 38.5 Å². The zero-order valence-corrected chi connectivity index (χ0v) is 11.4. The van der Waals surface area contributed by atoms with Crippen LogP contribution in [0.15, 0.2) is 0 Å². The summed E-state index contributed by atoms with van der Waals surface area (Å²) in [4.78, 5) is 11.6. The van der Waals surface area contributed by atoms with Crippen molar-refractivity contribution in [2.45, 2.75) is 44.6 Å². The van der Waals surface area contributed by atoms with Gasteiger partial charge in [0.15, 0.2) is 0 Å². The molecule has 0 aromatic carbocycles. The van der Waals surface area contributed by atoms with Crippen molar-refractivity contribution >= 4 is 5.91 Å². The van der Waals surface area contributed by atoms with E-state index < -0.39 is 0 Å². The normalized spacial score (nSPS) is 28.1. The molecule has 2 fully saturated rings. The summed E-state index contributed by atoms with van der Waals surface area (Å²) in [5.74, 6) is 2.01. The van der Waals surface area contributed by atoms with E-state index in [0.717, 1.165) is 11.8 Å². The van der Waals surface area contributed by atoms with Crippen LogP contribution in [0.4, 0.5) is 0 Å². The molecule has 4 heteroatoms.